The molecular formula is C24H16ClFN4. The fraction of sp³-hybridized carbons (Fsp3) is 0. The van der Waals surface area contributed by atoms with Crippen molar-refractivity contribution in [3.05, 3.63) is 102 Å². The fourth-order valence-electron chi connectivity index (χ4n) is 3.49. The van der Waals surface area contributed by atoms with Crippen molar-refractivity contribution in [2.24, 2.45) is 0 Å². The summed E-state index contributed by atoms with van der Waals surface area (Å²) < 4.78 is 15.4. The van der Waals surface area contributed by atoms with E-state index in [0.717, 1.165) is 33.5 Å². The molecule has 3 aromatic carbocycles. The van der Waals surface area contributed by atoms with Gasteiger partial charge in [0, 0.05) is 28.2 Å². The van der Waals surface area contributed by atoms with Crippen LogP contribution in [-0.2, 0) is 0 Å². The number of nitrogens with zero attached hydrogens (tertiary/aromatic N) is 3. The molecule has 30 heavy (non-hydrogen) atoms. The highest BCUT2D eigenvalue weighted by Crippen LogP contribution is 2.36. The molecule has 0 atom stereocenters. The minimum atomic E-state index is -0.281. The topological polar surface area (TPSA) is 42.7 Å². The van der Waals surface area contributed by atoms with Crippen molar-refractivity contribution in [3.8, 4) is 16.8 Å². The third-order valence-electron chi connectivity index (χ3n) is 4.86. The molecule has 2 heterocycles. The third kappa shape index (κ3) is 3.40. The van der Waals surface area contributed by atoms with E-state index < -0.39 is 0 Å². The van der Waals surface area contributed by atoms with Gasteiger partial charge in [0.1, 0.15) is 18.0 Å². The van der Waals surface area contributed by atoms with Gasteiger partial charge >= 0.3 is 0 Å². The predicted octanol–water partition coefficient (Wildman–Crippen LogP) is 6.62. The Morgan fingerprint density at radius 1 is 0.867 bits per heavy atom. The highest BCUT2D eigenvalue weighted by Gasteiger charge is 2.17. The van der Waals surface area contributed by atoms with Gasteiger partial charge in [0.15, 0.2) is 5.65 Å². The first-order valence-electron chi connectivity index (χ1n) is 9.39. The summed E-state index contributed by atoms with van der Waals surface area (Å²) in [4.78, 5) is 9.04. The smallest absolute Gasteiger partial charge is 0.150 e. The summed E-state index contributed by atoms with van der Waals surface area (Å²) in [6, 6.07) is 23.9. The lowest BCUT2D eigenvalue weighted by Gasteiger charge is -2.09. The lowest BCUT2D eigenvalue weighted by atomic mass is 10.1. The molecule has 0 amide bonds. The van der Waals surface area contributed by atoms with Gasteiger partial charge in [-0.2, -0.15) is 0 Å². The number of hydrogen-bond donors (Lipinski definition) is 1. The van der Waals surface area contributed by atoms with Crippen LogP contribution in [0.25, 0.3) is 27.8 Å². The first kappa shape index (κ1) is 18.3. The molecule has 2 aromatic heterocycles. The van der Waals surface area contributed by atoms with Crippen molar-refractivity contribution in [1.29, 1.82) is 0 Å². The average Bonchev–Trinajstić information content (AvgIpc) is 3.16. The molecule has 0 unspecified atom stereocenters. The Kier molecular flexibility index (Phi) is 4.65. The molecular weight excluding hydrogens is 399 g/mol. The number of aromatic nitrogens is 3. The van der Waals surface area contributed by atoms with Crippen molar-refractivity contribution in [2.75, 3.05) is 5.32 Å². The standard InChI is InChI=1S/C24H16ClFN4/c25-17-7-4-8-19(13-17)29-23-22-21(16-5-2-1-3-6-16)14-30(24(22)28-15-27-23)20-11-9-18(26)10-12-20/h1-15H,(H,27,28,29). The second-order valence-corrected chi connectivity index (χ2v) is 7.25. The normalized spacial score (nSPS) is 11.0. The van der Waals surface area contributed by atoms with Crippen molar-refractivity contribution in [3.63, 3.8) is 0 Å². The lowest BCUT2D eigenvalue weighted by molar-refractivity contribution is 0.627. The molecule has 0 aliphatic heterocycles. The lowest BCUT2D eigenvalue weighted by Crippen LogP contribution is -1.98. The Labute approximate surface area is 177 Å². The number of fused-ring (bicyclic) bond motifs is 1. The van der Waals surface area contributed by atoms with E-state index in [9.17, 15) is 4.39 Å². The number of hydrogen-bond acceptors (Lipinski definition) is 3. The molecule has 0 spiro atoms. The number of anilines is 2. The Morgan fingerprint density at radius 2 is 1.67 bits per heavy atom. The van der Waals surface area contributed by atoms with Gasteiger partial charge in [0.25, 0.3) is 0 Å². The minimum absolute atomic E-state index is 0.281. The zero-order valence-electron chi connectivity index (χ0n) is 15.8. The number of benzene rings is 3. The molecule has 5 aromatic rings. The molecule has 5 rings (SSSR count). The van der Waals surface area contributed by atoms with E-state index in [0.29, 0.717) is 10.8 Å². The largest absolute Gasteiger partial charge is 0.340 e. The molecule has 0 bridgehead atoms. The highest BCUT2D eigenvalue weighted by molar-refractivity contribution is 6.30. The first-order chi connectivity index (χ1) is 14.7. The van der Waals surface area contributed by atoms with Gasteiger partial charge in [-0.3, -0.25) is 0 Å². The summed E-state index contributed by atoms with van der Waals surface area (Å²) in [5, 5.41) is 4.87. The van der Waals surface area contributed by atoms with Crippen LogP contribution in [0.5, 0.6) is 0 Å². The molecule has 6 heteroatoms. The average molecular weight is 415 g/mol. The van der Waals surface area contributed by atoms with E-state index in [1.807, 2.05) is 65.4 Å². The predicted molar refractivity (Wildman–Crippen MR) is 119 cm³/mol. The van der Waals surface area contributed by atoms with E-state index >= 15 is 0 Å². The van der Waals surface area contributed by atoms with Crippen LogP contribution in [0.1, 0.15) is 0 Å². The molecule has 0 aliphatic rings. The molecule has 0 saturated heterocycles. The molecule has 4 nitrogen and oxygen atoms in total. The van der Waals surface area contributed by atoms with E-state index in [1.165, 1.54) is 18.5 Å². The Balaban J connectivity index is 1.74. The van der Waals surface area contributed by atoms with Crippen LogP contribution in [0.4, 0.5) is 15.9 Å². The summed E-state index contributed by atoms with van der Waals surface area (Å²) in [6.07, 6.45) is 3.52. The van der Waals surface area contributed by atoms with Gasteiger partial charge in [0.2, 0.25) is 0 Å². The summed E-state index contributed by atoms with van der Waals surface area (Å²) in [6.45, 7) is 0. The molecule has 1 N–H and O–H groups in total. The maximum Gasteiger partial charge on any atom is 0.150 e. The van der Waals surface area contributed by atoms with Crippen LogP contribution in [0.3, 0.4) is 0 Å². The zero-order valence-corrected chi connectivity index (χ0v) is 16.5. The Hall–Kier alpha value is -3.70. The summed E-state index contributed by atoms with van der Waals surface area (Å²) in [5.41, 5.74) is 4.37. The van der Waals surface area contributed by atoms with Crippen LogP contribution in [-0.4, -0.2) is 14.5 Å². The molecule has 0 fully saturated rings. The van der Waals surface area contributed by atoms with Gasteiger partial charge in [-0.1, -0.05) is 48.0 Å². The number of halogens is 2. The van der Waals surface area contributed by atoms with Crippen molar-refractivity contribution < 1.29 is 4.39 Å². The van der Waals surface area contributed by atoms with Crippen LogP contribution in [0.2, 0.25) is 5.02 Å². The molecule has 0 aliphatic carbocycles. The minimum Gasteiger partial charge on any atom is -0.340 e. The summed E-state index contributed by atoms with van der Waals surface area (Å²) in [5.74, 6) is 0.387. The van der Waals surface area contributed by atoms with Crippen molar-refractivity contribution in [2.45, 2.75) is 0 Å². The van der Waals surface area contributed by atoms with Crippen LogP contribution in [0, 0.1) is 5.82 Å². The SMILES string of the molecule is Fc1ccc(-n2cc(-c3ccccc3)c3c(Nc4cccc(Cl)c4)ncnc32)cc1. The summed E-state index contributed by atoms with van der Waals surface area (Å²) >= 11 is 6.15. The molecule has 0 saturated carbocycles. The Morgan fingerprint density at radius 3 is 2.43 bits per heavy atom. The summed E-state index contributed by atoms with van der Waals surface area (Å²) in [7, 11) is 0. The van der Waals surface area contributed by atoms with E-state index in [2.05, 4.69) is 15.3 Å². The molecule has 146 valence electrons. The van der Waals surface area contributed by atoms with Crippen molar-refractivity contribution in [1.82, 2.24) is 14.5 Å². The number of nitrogens with one attached hydrogen (secondary N) is 1. The van der Waals surface area contributed by atoms with Gasteiger partial charge in [-0.25, -0.2) is 14.4 Å². The second-order valence-electron chi connectivity index (χ2n) is 6.81. The zero-order chi connectivity index (χ0) is 20.5. The fourth-order valence-corrected chi connectivity index (χ4v) is 3.68. The van der Waals surface area contributed by atoms with Crippen LogP contribution >= 0.6 is 11.6 Å². The van der Waals surface area contributed by atoms with Crippen LogP contribution in [0.15, 0.2) is 91.4 Å². The van der Waals surface area contributed by atoms with E-state index in [-0.39, 0.29) is 5.82 Å². The van der Waals surface area contributed by atoms with Gasteiger partial charge < -0.3 is 9.88 Å². The van der Waals surface area contributed by atoms with Crippen molar-refractivity contribution >= 4 is 34.1 Å². The maximum absolute atomic E-state index is 13.5. The van der Waals surface area contributed by atoms with Gasteiger partial charge in [0.05, 0.1) is 5.39 Å². The molecule has 0 radical (unpaired) electrons. The van der Waals surface area contributed by atoms with Crippen LogP contribution < -0.4 is 5.32 Å². The highest BCUT2D eigenvalue weighted by atomic mass is 35.5. The maximum atomic E-state index is 13.5. The number of rotatable bonds is 4. The van der Waals surface area contributed by atoms with Gasteiger partial charge in [-0.05, 0) is 48.0 Å². The second kappa shape index (κ2) is 7.61. The van der Waals surface area contributed by atoms with E-state index in [4.69, 9.17) is 11.6 Å². The first-order valence-corrected chi connectivity index (χ1v) is 9.77. The van der Waals surface area contributed by atoms with Gasteiger partial charge in [-0.15, -0.1) is 0 Å². The monoisotopic (exact) mass is 414 g/mol. The Bertz CT molecular complexity index is 1330. The quantitative estimate of drug-likeness (QED) is 0.359. The third-order valence-corrected chi connectivity index (χ3v) is 5.10. The van der Waals surface area contributed by atoms with E-state index in [1.54, 1.807) is 12.1 Å².